The molecule has 0 spiro atoms. The molecule has 2 radical (unpaired) electrons. The van der Waals surface area contributed by atoms with Gasteiger partial charge in [-0.2, -0.15) is 0 Å². The van der Waals surface area contributed by atoms with E-state index in [2.05, 4.69) is 30.8 Å². The largest absolute Gasteiger partial charge is 0.356 e. The van der Waals surface area contributed by atoms with Gasteiger partial charge in [0.25, 0.3) is 0 Å². The first-order chi connectivity index (χ1) is 10.5. The minimum absolute atomic E-state index is 0.00889. The van der Waals surface area contributed by atoms with Crippen molar-refractivity contribution in [2.75, 3.05) is 18.0 Å². The molecule has 2 N–H and O–H groups in total. The Balaban J connectivity index is 1.81. The molecule has 0 saturated carbocycles. The van der Waals surface area contributed by atoms with Gasteiger partial charge in [-0.05, 0) is 34.8 Å². The smallest absolute Gasteiger partial charge is 0.225 e. The van der Waals surface area contributed by atoms with E-state index in [4.69, 9.17) is 11.5 Å². The molecule has 3 rings (SSSR count). The summed E-state index contributed by atoms with van der Waals surface area (Å²) in [6, 6.07) is 1.61. The van der Waals surface area contributed by atoms with Crippen molar-refractivity contribution in [3.63, 3.8) is 0 Å². The second-order valence-electron chi connectivity index (χ2n) is 5.15. The number of aromatic nitrogens is 2. The average molecular weight is 380 g/mol. The number of pyridine rings is 1. The molecule has 1 aliphatic rings. The molecule has 1 saturated heterocycles. The molecule has 114 valence electrons. The SMILES string of the molecule is [NH]c1ncc(Br)cc1C(=O)c1nc(N2CCC([NH])CC2)cs1. The van der Waals surface area contributed by atoms with Gasteiger partial charge in [0.15, 0.2) is 10.8 Å². The van der Waals surface area contributed by atoms with Crippen molar-refractivity contribution < 1.29 is 4.79 Å². The van der Waals surface area contributed by atoms with Gasteiger partial charge in [-0.3, -0.25) is 16.3 Å². The minimum Gasteiger partial charge on any atom is -0.356 e. The standard InChI is InChI=1S/C14H14BrN5OS/c15-8-5-10(13(17)18-6-8)12(21)14-19-11(7-22-14)20-3-1-9(16)2-4-20/h5-7,9,16-17H,1-4H2. The van der Waals surface area contributed by atoms with Gasteiger partial charge in [-0.25, -0.2) is 9.97 Å². The molecule has 3 heterocycles. The first kappa shape index (κ1) is 15.4. The third-order valence-electron chi connectivity index (χ3n) is 3.60. The van der Waals surface area contributed by atoms with Gasteiger partial charge < -0.3 is 4.90 Å². The van der Waals surface area contributed by atoms with E-state index in [0.717, 1.165) is 31.7 Å². The van der Waals surface area contributed by atoms with E-state index < -0.39 is 0 Å². The van der Waals surface area contributed by atoms with Crippen molar-refractivity contribution in [1.82, 2.24) is 21.4 Å². The number of nitrogens with zero attached hydrogens (tertiary/aromatic N) is 3. The highest BCUT2D eigenvalue weighted by atomic mass is 79.9. The molecule has 8 heteroatoms. The summed E-state index contributed by atoms with van der Waals surface area (Å²) in [4.78, 5) is 22.9. The Morgan fingerprint density at radius 3 is 2.86 bits per heavy atom. The van der Waals surface area contributed by atoms with Crippen LogP contribution in [0, 0.1) is 0 Å². The van der Waals surface area contributed by atoms with E-state index in [9.17, 15) is 4.79 Å². The Hall–Kier alpha value is -1.51. The number of carbonyl (C=O) groups excluding carboxylic acids is 1. The van der Waals surface area contributed by atoms with Crippen molar-refractivity contribution in [1.29, 1.82) is 0 Å². The topological polar surface area (TPSA) is 93.7 Å². The highest BCUT2D eigenvalue weighted by Crippen LogP contribution is 2.26. The van der Waals surface area contributed by atoms with Crippen LogP contribution < -0.4 is 16.4 Å². The minimum atomic E-state index is -0.273. The molecule has 1 aliphatic heterocycles. The van der Waals surface area contributed by atoms with Gasteiger partial charge in [-0.1, -0.05) is 0 Å². The molecule has 0 aliphatic carbocycles. The number of hydrogen-bond donors (Lipinski definition) is 0. The van der Waals surface area contributed by atoms with Gasteiger partial charge in [0.2, 0.25) is 5.78 Å². The first-order valence-electron chi connectivity index (χ1n) is 6.88. The fourth-order valence-corrected chi connectivity index (χ4v) is 3.46. The number of anilines is 1. The molecule has 6 nitrogen and oxygen atoms in total. The van der Waals surface area contributed by atoms with Crippen LogP contribution in [0.2, 0.25) is 0 Å². The van der Waals surface area contributed by atoms with Crippen LogP contribution in [0.1, 0.15) is 28.2 Å². The second kappa shape index (κ2) is 6.31. The lowest BCUT2D eigenvalue weighted by Gasteiger charge is -2.29. The quantitative estimate of drug-likeness (QED) is 0.765. The Morgan fingerprint density at radius 1 is 1.41 bits per heavy atom. The van der Waals surface area contributed by atoms with Crippen molar-refractivity contribution in [2.24, 2.45) is 0 Å². The van der Waals surface area contributed by atoms with Crippen LogP contribution in [0.5, 0.6) is 0 Å². The van der Waals surface area contributed by atoms with Crippen LogP contribution in [0.4, 0.5) is 11.6 Å². The number of piperidine rings is 1. The van der Waals surface area contributed by atoms with Crippen LogP contribution in [-0.4, -0.2) is 34.9 Å². The summed E-state index contributed by atoms with van der Waals surface area (Å²) in [5.41, 5.74) is 15.7. The van der Waals surface area contributed by atoms with Crippen LogP contribution in [0.25, 0.3) is 0 Å². The maximum absolute atomic E-state index is 12.5. The number of hydrogen-bond acceptors (Lipinski definition) is 5. The Labute approximate surface area is 140 Å². The van der Waals surface area contributed by atoms with E-state index in [1.54, 1.807) is 6.07 Å². The van der Waals surface area contributed by atoms with Gasteiger partial charge in [0.05, 0.1) is 5.56 Å². The van der Waals surface area contributed by atoms with Crippen molar-refractivity contribution in [2.45, 2.75) is 18.9 Å². The van der Waals surface area contributed by atoms with E-state index >= 15 is 0 Å². The van der Waals surface area contributed by atoms with Gasteiger partial charge in [0, 0.05) is 35.2 Å². The lowest BCUT2D eigenvalue weighted by Crippen LogP contribution is -2.36. The number of ketones is 1. The molecular formula is C14H14BrN5OS. The summed E-state index contributed by atoms with van der Waals surface area (Å²) in [6.45, 7) is 1.60. The molecule has 1 fully saturated rings. The summed E-state index contributed by atoms with van der Waals surface area (Å²) < 4.78 is 0.668. The monoisotopic (exact) mass is 379 g/mol. The molecule has 2 aromatic rings. The highest BCUT2D eigenvalue weighted by molar-refractivity contribution is 9.10. The van der Waals surface area contributed by atoms with E-state index in [1.807, 2.05) is 5.38 Å². The van der Waals surface area contributed by atoms with Crippen molar-refractivity contribution >= 4 is 44.7 Å². The average Bonchev–Trinajstić information content (AvgIpc) is 2.99. The van der Waals surface area contributed by atoms with Gasteiger partial charge in [0.1, 0.15) is 5.82 Å². The Morgan fingerprint density at radius 2 is 2.14 bits per heavy atom. The third kappa shape index (κ3) is 3.13. The summed E-state index contributed by atoms with van der Waals surface area (Å²) >= 11 is 4.56. The summed E-state index contributed by atoms with van der Waals surface area (Å²) in [5, 5.41) is 2.24. The number of halogens is 1. The van der Waals surface area contributed by atoms with Crippen molar-refractivity contribution in [3.05, 3.63) is 32.7 Å². The molecule has 0 aromatic carbocycles. The van der Waals surface area contributed by atoms with Gasteiger partial charge in [-0.15, -0.1) is 11.3 Å². The fraction of sp³-hybridized carbons (Fsp3) is 0.357. The number of rotatable bonds is 3. The van der Waals surface area contributed by atoms with Crippen LogP contribution in [-0.2, 0) is 0 Å². The molecule has 0 bridgehead atoms. The molecule has 0 amide bonds. The molecule has 0 unspecified atom stereocenters. The predicted octanol–water partition coefficient (Wildman–Crippen LogP) is 2.70. The first-order valence-corrected chi connectivity index (χ1v) is 8.55. The molecule has 0 atom stereocenters. The number of nitrogens with one attached hydrogen (secondary N) is 2. The van der Waals surface area contributed by atoms with E-state index in [-0.39, 0.29) is 23.2 Å². The number of carbonyl (C=O) groups is 1. The van der Waals surface area contributed by atoms with Crippen LogP contribution >= 0.6 is 27.3 Å². The highest BCUT2D eigenvalue weighted by Gasteiger charge is 2.22. The maximum atomic E-state index is 12.5. The zero-order valence-corrected chi connectivity index (χ0v) is 14.1. The normalized spacial score (nSPS) is 16.0. The number of thiazole rings is 1. The van der Waals surface area contributed by atoms with E-state index in [1.165, 1.54) is 17.5 Å². The summed E-state index contributed by atoms with van der Waals surface area (Å²) in [5.74, 6) is 0.472. The Bertz CT molecular complexity index is 696. The molecular weight excluding hydrogens is 366 g/mol. The van der Waals surface area contributed by atoms with Crippen LogP contribution in [0.3, 0.4) is 0 Å². The summed E-state index contributed by atoms with van der Waals surface area (Å²) in [6.07, 6.45) is 3.15. The zero-order valence-electron chi connectivity index (χ0n) is 11.7. The third-order valence-corrected chi connectivity index (χ3v) is 4.87. The lowest BCUT2D eigenvalue weighted by atomic mass is 10.1. The molecule has 22 heavy (non-hydrogen) atoms. The van der Waals surface area contributed by atoms with Gasteiger partial charge >= 0.3 is 0 Å². The second-order valence-corrected chi connectivity index (χ2v) is 6.92. The Kier molecular flexibility index (Phi) is 4.42. The summed E-state index contributed by atoms with van der Waals surface area (Å²) in [7, 11) is 0. The van der Waals surface area contributed by atoms with E-state index in [0.29, 0.717) is 9.48 Å². The molecule has 2 aromatic heterocycles. The zero-order chi connectivity index (χ0) is 15.7. The fourth-order valence-electron chi connectivity index (χ4n) is 2.35. The van der Waals surface area contributed by atoms with Crippen molar-refractivity contribution in [3.8, 4) is 0 Å². The van der Waals surface area contributed by atoms with Crippen LogP contribution in [0.15, 0.2) is 22.1 Å². The predicted molar refractivity (Wildman–Crippen MR) is 88.6 cm³/mol. The maximum Gasteiger partial charge on any atom is 0.225 e. The lowest BCUT2D eigenvalue weighted by molar-refractivity contribution is 0.103.